The molecule has 4 aromatic carbocycles. The first-order valence-electron chi connectivity index (χ1n) is 8.37. The van der Waals surface area contributed by atoms with Crippen molar-refractivity contribution in [3.8, 4) is 11.1 Å². The molecule has 0 amide bonds. The molecule has 0 aliphatic rings. The molecule has 0 radical (unpaired) electrons. The number of pyridine rings is 1. The molecule has 0 aliphatic carbocycles. The quantitative estimate of drug-likeness (QED) is 0.241. The van der Waals surface area contributed by atoms with E-state index in [0.29, 0.717) is 0 Å². The lowest BCUT2D eigenvalue weighted by Crippen LogP contribution is -1.92. The van der Waals surface area contributed by atoms with Gasteiger partial charge in [0.05, 0.1) is 11.0 Å². The maximum Gasteiger partial charge on any atom is 0.0794 e. The minimum Gasteiger partial charge on any atom is -0.399 e. The van der Waals surface area contributed by atoms with E-state index in [2.05, 4.69) is 66.7 Å². The molecular weight excluding hydrogens is 304 g/mol. The van der Waals surface area contributed by atoms with Gasteiger partial charge in [0.1, 0.15) is 0 Å². The molecule has 1 heterocycles. The van der Waals surface area contributed by atoms with Gasteiger partial charge in [-0.15, -0.1) is 0 Å². The summed E-state index contributed by atoms with van der Waals surface area (Å²) in [6, 6.07) is 29.2. The summed E-state index contributed by atoms with van der Waals surface area (Å²) in [5.74, 6) is 0. The summed E-state index contributed by atoms with van der Waals surface area (Å²) in [6.07, 6.45) is 0. The van der Waals surface area contributed by atoms with Gasteiger partial charge in [0.2, 0.25) is 0 Å². The Bertz CT molecular complexity index is 1240. The van der Waals surface area contributed by atoms with Crippen molar-refractivity contribution >= 4 is 38.3 Å². The highest BCUT2D eigenvalue weighted by atomic mass is 14.7. The molecule has 0 bridgehead atoms. The molecule has 2 N–H and O–H groups in total. The Labute approximate surface area is 145 Å². The van der Waals surface area contributed by atoms with Crippen LogP contribution in [0, 0.1) is 0 Å². The second-order valence-electron chi connectivity index (χ2n) is 6.31. The van der Waals surface area contributed by atoms with Gasteiger partial charge in [0.15, 0.2) is 0 Å². The number of fused-ring (bicyclic) bond motifs is 4. The molecular formula is C23H16N2. The summed E-state index contributed by atoms with van der Waals surface area (Å²) < 4.78 is 0. The summed E-state index contributed by atoms with van der Waals surface area (Å²) in [5, 5.41) is 4.66. The van der Waals surface area contributed by atoms with E-state index in [0.717, 1.165) is 22.1 Å². The lowest BCUT2D eigenvalue weighted by atomic mass is 9.94. The van der Waals surface area contributed by atoms with Gasteiger partial charge in [-0.25, -0.2) is 4.98 Å². The number of aromatic nitrogens is 1. The van der Waals surface area contributed by atoms with Crippen LogP contribution in [-0.4, -0.2) is 4.98 Å². The van der Waals surface area contributed by atoms with Crippen molar-refractivity contribution in [2.45, 2.75) is 0 Å². The van der Waals surface area contributed by atoms with Crippen molar-refractivity contribution in [3.05, 3.63) is 84.9 Å². The number of hydrogen-bond donors (Lipinski definition) is 1. The fraction of sp³-hybridized carbons (Fsp3) is 0. The predicted octanol–water partition coefficient (Wildman–Crippen LogP) is 5.79. The van der Waals surface area contributed by atoms with Gasteiger partial charge in [-0.05, 0) is 23.1 Å². The first kappa shape index (κ1) is 14.0. The third-order valence-electron chi connectivity index (χ3n) is 4.76. The molecule has 5 rings (SSSR count). The van der Waals surface area contributed by atoms with Gasteiger partial charge >= 0.3 is 0 Å². The topological polar surface area (TPSA) is 38.9 Å². The zero-order chi connectivity index (χ0) is 16.8. The summed E-state index contributed by atoms with van der Waals surface area (Å²) in [7, 11) is 0. The lowest BCUT2D eigenvalue weighted by molar-refractivity contribution is 1.51. The summed E-state index contributed by atoms with van der Waals surface area (Å²) in [4.78, 5) is 4.97. The first-order chi connectivity index (χ1) is 12.3. The highest BCUT2D eigenvalue weighted by Gasteiger charge is 2.13. The molecule has 0 unspecified atom stereocenters. The van der Waals surface area contributed by atoms with E-state index in [1.54, 1.807) is 0 Å². The molecule has 2 nitrogen and oxygen atoms in total. The molecule has 0 atom stereocenters. The molecule has 0 spiro atoms. The van der Waals surface area contributed by atoms with Crippen LogP contribution in [0.4, 0.5) is 5.69 Å². The van der Waals surface area contributed by atoms with E-state index >= 15 is 0 Å². The summed E-state index contributed by atoms with van der Waals surface area (Å²) in [5.41, 5.74) is 11.1. The van der Waals surface area contributed by atoms with Crippen molar-refractivity contribution in [1.82, 2.24) is 4.98 Å². The third kappa shape index (κ3) is 2.15. The van der Waals surface area contributed by atoms with Gasteiger partial charge in [-0.1, -0.05) is 72.8 Å². The number of nitrogens with two attached hydrogens (primary N) is 1. The SMILES string of the molecule is Nc1ccc2c(-c3ccccc3)c3ccc4ccccc4c3nc2c1. The van der Waals surface area contributed by atoms with Crippen LogP contribution >= 0.6 is 0 Å². The fourth-order valence-corrected chi connectivity index (χ4v) is 3.61. The molecule has 1 aromatic heterocycles. The van der Waals surface area contributed by atoms with Gasteiger partial charge in [-0.3, -0.25) is 0 Å². The predicted molar refractivity (Wildman–Crippen MR) is 107 cm³/mol. The van der Waals surface area contributed by atoms with Crippen molar-refractivity contribution in [1.29, 1.82) is 0 Å². The first-order valence-corrected chi connectivity index (χ1v) is 8.37. The molecule has 0 saturated carbocycles. The zero-order valence-corrected chi connectivity index (χ0v) is 13.6. The second-order valence-corrected chi connectivity index (χ2v) is 6.31. The van der Waals surface area contributed by atoms with Crippen LogP contribution in [-0.2, 0) is 0 Å². The van der Waals surface area contributed by atoms with Crippen LogP contribution in [0.25, 0.3) is 43.7 Å². The monoisotopic (exact) mass is 320 g/mol. The van der Waals surface area contributed by atoms with Gasteiger partial charge in [0, 0.05) is 27.4 Å². The van der Waals surface area contributed by atoms with Gasteiger partial charge < -0.3 is 5.73 Å². The Balaban J connectivity index is 2.05. The van der Waals surface area contributed by atoms with Crippen molar-refractivity contribution in [2.24, 2.45) is 0 Å². The van der Waals surface area contributed by atoms with Crippen LogP contribution in [0.5, 0.6) is 0 Å². The average Bonchev–Trinajstić information content (AvgIpc) is 2.66. The largest absolute Gasteiger partial charge is 0.399 e. The Kier molecular flexibility index (Phi) is 2.98. The number of benzene rings is 4. The number of nitrogens with zero attached hydrogens (tertiary/aromatic N) is 1. The zero-order valence-electron chi connectivity index (χ0n) is 13.6. The Morgan fingerprint density at radius 3 is 2.28 bits per heavy atom. The van der Waals surface area contributed by atoms with E-state index in [1.165, 1.54) is 27.3 Å². The van der Waals surface area contributed by atoms with E-state index in [-0.39, 0.29) is 0 Å². The Morgan fingerprint density at radius 1 is 0.640 bits per heavy atom. The maximum absolute atomic E-state index is 6.03. The number of rotatable bonds is 1. The minimum absolute atomic E-state index is 0.735. The number of anilines is 1. The molecule has 0 aliphatic heterocycles. The maximum atomic E-state index is 6.03. The Morgan fingerprint density at radius 2 is 1.40 bits per heavy atom. The molecule has 2 heteroatoms. The van der Waals surface area contributed by atoms with Crippen LogP contribution in [0.2, 0.25) is 0 Å². The number of nitrogen functional groups attached to an aromatic ring is 1. The van der Waals surface area contributed by atoms with Gasteiger partial charge in [-0.2, -0.15) is 0 Å². The molecule has 5 aromatic rings. The molecule has 0 fully saturated rings. The van der Waals surface area contributed by atoms with E-state index in [9.17, 15) is 0 Å². The highest BCUT2D eigenvalue weighted by molar-refractivity contribution is 6.17. The molecule has 118 valence electrons. The van der Waals surface area contributed by atoms with E-state index < -0.39 is 0 Å². The van der Waals surface area contributed by atoms with Crippen molar-refractivity contribution in [2.75, 3.05) is 5.73 Å². The average molecular weight is 320 g/mol. The molecule has 25 heavy (non-hydrogen) atoms. The minimum atomic E-state index is 0.735. The second kappa shape index (κ2) is 5.32. The van der Waals surface area contributed by atoms with Crippen LogP contribution in [0.15, 0.2) is 84.9 Å². The molecule has 0 saturated heterocycles. The van der Waals surface area contributed by atoms with Crippen LogP contribution < -0.4 is 5.73 Å². The van der Waals surface area contributed by atoms with Crippen molar-refractivity contribution < 1.29 is 0 Å². The normalized spacial score (nSPS) is 11.4. The lowest BCUT2D eigenvalue weighted by Gasteiger charge is -2.13. The summed E-state index contributed by atoms with van der Waals surface area (Å²) in [6.45, 7) is 0. The highest BCUT2D eigenvalue weighted by Crippen LogP contribution is 2.37. The third-order valence-corrected chi connectivity index (χ3v) is 4.76. The number of hydrogen-bond acceptors (Lipinski definition) is 2. The van der Waals surface area contributed by atoms with Crippen LogP contribution in [0.3, 0.4) is 0 Å². The van der Waals surface area contributed by atoms with Gasteiger partial charge in [0.25, 0.3) is 0 Å². The van der Waals surface area contributed by atoms with E-state index in [4.69, 9.17) is 10.7 Å². The van der Waals surface area contributed by atoms with E-state index in [1.807, 2.05) is 18.2 Å². The van der Waals surface area contributed by atoms with Crippen molar-refractivity contribution in [3.63, 3.8) is 0 Å². The Hall–Kier alpha value is -3.39. The van der Waals surface area contributed by atoms with Crippen LogP contribution in [0.1, 0.15) is 0 Å². The standard InChI is InChI=1S/C23H16N2/c24-17-11-13-19-21(14-17)25-23-18-9-5-4-6-15(18)10-12-20(23)22(19)16-7-2-1-3-8-16/h1-14H,24H2. The fourth-order valence-electron chi connectivity index (χ4n) is 3.61. The summed E-state index contributed by atoms with van der Waals surface area (Å²) >= 11 is 0. The smallest absolute Gasteiger partial charge is 0.0794 e.